The first-order valence-corrected chi connectivity index (χ1v) is 1.12. The molecule has 0 atom stereocenters. The Bertz CT molecular complexity index is 15.2. The van der Waals surface area contributed by atoms with Crippen molar-refractivity contribution >= 4 is 8.41 Å². The van der Waals surface area contributed by atoms with Gasteiger partial charge in [0.25, 0.3) is 0 Å². The van der Waals surface area contributed by atoms with E-state index in [1.165, 1.54) is 0 Å². The Labute approximate surface area is 49.1 Å². The molecule has 0 unspecified atom stereocenters. The molecule has 6 heteroatoms. The van der Waals surface area contributed by atoms with Crippen LogP contribution in [0.3, 0.4) is 0 Å². The van der Waals surface area contributed by atoms with E-state index in [2.05, 4.69) is 0 Å². The third-order valence-corrected chi connectivity index (χ3v) is 0. The van der Waals surface area contributed by atoms with E-state index < -0.39 is 0 Å². The molecule has 0 spiro atoms. The van der Waals surface area contributed by atoms with Gasteiger partial charge >= 0.3 is 8.41 Å². The largest absolute Gasteiger partial charge is 3.00 e. The van der Waals surface area contributed by atoms with E-state index in [1.807, 2.05) is 6.92 Å². The topological polar surface area (TPSA) is 61.0 Å². The summed E-state index contributed by atoms with van der Waals surface area (Å²) >= 11 is 0. The van der Waals surface area contributed by atoms with Gasteiger partial charge in [-0.25, -0.2) is 0 Å². The molecular weight excluding hydrogens is 120 g/mol. The second-order valence-corrected chi connectivity index (χ2v) is 0.408. The van der Waals surface area contributed by atoms with Gasteiger partial charge in [-0.2, -0.15) is 0 Å². The molecule has 0 amide bonds. The summed E-state index contributed by atoms with van der Waals surface area (Å²) in [4.78, 5) is 0. The van der Waals surface area contributed by atoms with Crippen molar-refractivity contribution in [3.8, 4) is 0 Å². The van der Waals surface area contributed by atoms with Crippen LogP contribution in [-0.4, -0.2) is 15.0 Å². The first kappa shape index (κ1) is 113. The van der Waals surface area contributed by atoms with E-state index in [9.17, 15) is 0 Å². The van der Waals surface area contributed by atoms with Gasteiger partial charge in [-0.1, -0.05) is 6.92 Å². The fourth-order valence-corrected chi connectivity index (χ4v) is 0. The fourth-order valence-electron chi connectivity index (χ4n) is 0. The maximum Gasteiger partial charge on any atom is 3.00 e. The van der Waals surface area contributed by atoms with Gasteiger partial charge in [-0.15, -0.1) is 0 Å². The van der Waals surface area contributed by atoms with Crippen LogP contribution in [0.2, 0.25) is 0 Å². The molecule has 0 fully saturated rings. The molecule has 0 aromatic heterocycles. The van der Waals surface area contributed by atoms with Gasteiger partial charge in [0.15, 0.2) is 0 Å². The molecule has 8 heavy (non-hydrogen) atoms. The van der Waals surface area contributed by atoms with Gasteiger partial charge in [0, 0.05) is 0 Å². The Balaban J connectivity index is -0.00000000200. The summed E-state index contributed by atoms with van der Waals surface area (Å²) in [5.74, 6) is 0. The molecule has 0 aliphatic heterocycles. The van der Waals surface area contributed by atoms with Crippen molar-refractivity contribution in [1.29, 1.82) is 0 Å². The summed E-state index contributed by atoms with van der Waals surface area (Å²) in [7, 11) is 0. The van der Waals surface area contributed by atoms with Gasteiger partial charge in [0.1, 0.15) is 0 Å². The predicted molar refractivity (Wildman–Crippen MR) is 25.5 cm³/mol. The number of nitrogens with two attached hydrogens (primary N) is 1. The van der Waals surface area contributed by atoms with E-state index in [-0.39, 0.29) is 28.7 Å². The molecule has 0 aromatic carbocycles. The van der Waals surface area contributed by atoms with Gasteiger partial charge in [-0.05, 0) is 6.54 Å². The van der Waals surface area contributed by atoms with Crippen LogP contribution in [0, 0.1) is 0 Å². The molecule has 0 heterocycles. The number of hydrogen-bond donors (Lipinski definition) is 2. The van der Waals surface area contributed by atoms with Crippen molar-refractivity contribution in [3.05, 3.63) is 0 Å². The average molecular weight is 130 g/mol. The molecule has 0 aromatic rings. The van der Waals surface area contributed by atoms with Crippen LogP contribution in [0.5, 0.6) is 0 Å². The van der Waals surface area contributed by atoms with Crippen LogP contribution in [0.1, 0.15) is 6.92 Å². The Kier molecular flexibility index (Phi) is 5330. The average Bonchev–Trinajstić information content (AvgIpc) is 0.918. The zero-order valence-electron chi connectivity index (χ0n) is 4.70. The summed E-state index contributed by atoms with van der Waals surface area (Å²) in [5, 5.41) is 0. The Morgan fingerprint density at radius 2 is 1.12 bits per heavy atom. The monoisotopic (exact) mass is 130 g/mol. The van der Waals surface area contributed by atoms with Crippen LogP contribution in [-0.2, 0) is 0 Å². The van der Waals surface area contributed by atoms with Gasteiger partial charge in [-0.3, -0.25) is 0 Å². The second kappa shape index (κ2) is 376. The van der Waals surface area contributed by atoms with Crippen LogP contribution < -0.4 is 26.0 Å². The third-order valence-electron chi connectivity index (χ3n) is 0. The smallest absolute Gasteiger partial charge is 1.00 e. The minimum Gasteiger partial charge on any atom is -1.00 e. The van der Waals surface area contributed by atoms with Crippen molar-refractivity contribution < 1.29 is 14.1 Å². The van der Waals surface area contributed by atoms with Crippen molar-refractivity contribution in [2.45, 2.75) is 6.92 Å². The minimum atomic E-state index is 0. The summed E-state index contributed by atoms with van der Waals surface area (Å²) in [6.07, 6.45) is 0. The molecule has 0 saturated heterocycles. The molecular formula is C2H10BF3N2. The quantitative estimate of drug-likeness (QED) is 0.320. The third kappa shape index (κ3) is 2600. The van der Waals surface area contributed by atoms with Crippen LogP contribution in [0.25, 0.3) is 0 Å². The van der Waals surface area contributed by atoms with Gasteiger partial charge in [0.2, 0.25) is 0 Å². The zero-order chi connectivity index (χ0) is 2.71. The fraction of sp³-hybridized carbons (Fsp3) is 1.00. The summed E-state index contributed by atoms with van der Waals surface area (Å²) in [5.41, 5.74) is 4.85. The molecule has 0 aliphatic carbocycles. The summed E-state index contributed by atoms with van der Waals surface area (Å²) in [6, 6.07) is 0. The van der Waals surface area contributed by atoms with E-state index in [0.717, 1.165) is 6.54 Å². The zero-order valence-corrected chi connectivity index (χ0v) is 4.70. The Hall–Kier alpha value is -0.225. The maximum atomic E-state index is 4.85. The molecule has 5 N–H and O–H groups in total. The Morgan fingerprint density at radius 1 is 1.12 bits per heavy atom. The van der Waals surface area contributed by atoms with Gasteiger partial charge < -0.3 is 26.0 Å². The van der Waals surface area contributed by atoms with Crippen LogP contribution in [0.15, 0.2) is 0 Å². The normalized spacial score (nSPS) is 2.25. The predicted octanol–water partition coefficient (Wildman–Crippen LogP) is -9.24. The van der Waals surface area contributed by atoms with Gasteiger partial charge in [0.05, 0.1) is 0 Å². The van der Waals surface area contributed by atoms with E-state index >= 15 is 0 Å². The van der Waals surface area contributed by atoms with E-state index in [1.54, 1.807) is 0 Å². The van der Waals surface area contributed by atoms with Crippen molar-refractivity contribution in [1.82, 2.24) is 6.15 Å². The summed E-state index contributed by atoms with van der Waals surface area (Å²) < 4.78 is 0. The molecule has 0 aliphatic rings. The molecule has 0 rings (SSSR count). The maximum absolute atomic E-state index is 4.85. The van der Waals surface area contributed by atoms with Crippen LogP contribution >= 0.6 is 0 Å². The number of hydrogen-bond acceptors (Lipinski definition) is 2. The molecule has 0 saturated carbocycles. The molecule has 0 bridgehead atoms. The van der Waals surface area contributed by atoms with E-state index in [4.69, 9.17) is 5.73 Å². The number of rotatable bonds is 0. The van der Waals surface area contributed by atoms with Crippen molar-refractivity contribution in [2.75, 3.05) is 6.54 Å². The number of halogens is 3. The molecule has 52 valence electrons. The van der Waals surface area contributed by atoms with Crippen LogP contribution in [0.4, 0.5) is 0 Å². The molecule has 2 nitrogen and oxygen atoms in total. The van der Waals surface area contributed by atoms with Crippen molar-refractivity contribution in [2.24, 2.45) is 5.73 Å². The SMILES string of the molecule is CCN.N.[B+3].[F-].[F-].[F-]. The second-order valence-electron chi connectivity index (χ2n) is 0.408. The first-order chi connectivity index (χ1) is 1.41. The minimum absolute atomic E-state index is 0. The summed E-state index contributed by atoms with van der Waals surface area (Å²) in [6.45, 7) is 2.65. The molecule has 0 radical (unpaired) electrons. The standard InChI is InChI=1S/C2H7N.B.3FH.H3N/c1-2-3;;;;;/h2-3H2,1H3;;3*1H;1H3/q;+3;;;;/p-3. The first-order valence-electron chi connectivity index (χ1n) is 1.12. The van der Waals surface area contributed by atoms with E-state index in [0.29, 0.717) is 0 Å². The Morgan fingerprint density at radius 3 is 1.12 bits per heavy atom. The van der Waals surface area contributed by atoms with Crippen molar-refractivity contribution in [3.63, 3.8) is 0 Å².